The van der Waals surface area contributed by atoms with Gasteiger partial charge in [0, 0.05) is 37.5 Å². The van der Waals surface area contributed by atoms with Crippen LogP contribution in [-0.4, -0.2) is 40.3 Å². The Bertz CT molecular complexity index is 1280. The number of carbonyl (C=O) groups excluding carboxylic acids is 1. The molecule has 2 heterocycles. The van der Waals surface area contributed by atoms with Gasteiger partial charge in [-0.15, -0.1) is 0 Å². The van der Waals surface area contributed by atoms with E-state index in [1.165, 1.54) is 12.1 Å². The van der Waals surface area contributed by atoms with E-state index in [0.29, 0.717) is 31.9 Å². The van der Waals surface area contributed by atoms with Gasteiger partial charge in [-0.25, -0.2) is 8.78 Å². The fourth-order valence-electron chi connectivity index (χ4n) is 4.43. The van der Waals surface area contributed by atoms with Gasteiger partial charge in [-0.3, -0.25) is 4.79 Å². The fourth-order valence-corrected chi connectivity index (χ4v) is 4.43. The van der Waals surface area contributed by atoms with Gasteiger partial charge >= 0.3 is 0 Å². The summed E-state index contributed by atoms with van der Waals surface area (Å²) >= 11 is 0. The molecule has 5 rings (SSSR count). The Morgan fingerprint density at radius 1 is 1.11 bits per heavy atom. The van der Waals surface area contributed by atoms with Crippen LogP contribution in [-0.2, 0) is 24.4 Å². The van der Waals surface area contributed by atoms with Crippen molar-refractivity contribution in [1.82, 2.24) is 4.90 Å². The van der Waals surface area contributed by atoms with Crippen molar-refractivity contribution in [2.24, 2.45) is 0 Å². The largest absolute Gasteiger partial charge is 0.508 e. The van der Waals surface area contributed by atoms with Crippen LogP contribution in [0.25, 0.3) is 0 Å². The zero-order valence-corrected chi connectivity index (χ0v) is 18.8. The molecule has 0 radical (unpaired) electrons. The summed E-state index contributed by atoms with van der Waals surface area (Å²) in [5, 5.41) is 24.0. The first-order chi connectivity index (χ1) is 16.9. The van der Waals surface area contributed by atoms with Crippen molar-refractivity contribution in [3.05, 3.63) is 82.4 Å². The lowest BCUT2D eigenvalue weighted by Gasteiger charge is -2.20. The van der Waals surface area contributed by atoms with E-state index in [0.717, 1.165) is 41.4 Å². The lowest BCUT2D eigenvalue weighted by molar-refractivity contribution is 0.0743. The quantitative estimate of drug-likeness (QED) is 0.485. The van der Waals surface area contributed by atoms with E-state index in [2.05, 4.69) is 5.32 Å². The summed E-state index contributed by atoms with van der Waals surface area (Å²) in [5.74, 6) is -3.28. The number of hydrogen-bond acceptors (Lipinski definition) is 6. The molecule has 1 saturated heterocycles. The van der Waals surface area contributed by atoms with Gasteiger partial charge in [0.1, 0.15) is 29.4 Å². The van der Waals surface area contributed by atoms with Crippen LogP contribution in [0.5, 0.6) is 17.2 Å². The molecule has 1 unspecified atom stereocenters. The third-order valence-electron chi connectivity index (χ3n) is 6.22. The fraction of sp³-hybridized carbons (Fsp3) is 0.269. The number of fused-ring (bicyclic) bond motifs is 1. The second-order valence-electron chi connectivity index (χ2n) is 8.68. The van der Waals surface area contributed by atoms with Gasteiger partial charge in [0.2, 0.25) is 0 Å². The molecule has 182 valence electrons. The van der Waals surface area contributed by atoms with Crippen molar-refractivity contribution >= 4 is 11.6 Å². The number of ether oxygens (including phenoxy) is 2. The van der Waals surface area contributed by atoms with Gasteiger partial charge in [-0.1, -0.05) is 18.2 Å². The highest BCUT2D eigenvalue weighted by molar-refractivity contribution is 6.00. The normalized spacial score (nSPS) is 16.9. The third kappa shape index (κ3) is 4.72. The number of nitrogens with zero attached hydrogens (tertiary/aromatic N) is 1. The van der Waals surface area contributed by atoms with Crippen molar-refractivity contribution in [3.63, 3.8) is 0 Å². The van der Waals surface area contributed by atoms with Crippen LogP contribution in [0.3, 0.4) is 0 Å². The number of benzene rings is 3. The summed E-state index contributed by atoms with van der Waals surface area (Å²) < 4.78 is 37.9. The van der Waals surface area contributed by atoms with Gasteiger partial charge in [-0.2, -0.15) is 0 Å². The minimum Gasteiger partial charge on any atom is -0.508 e. The van der Waals surface area contributed by atoms with Crippen LogP contribution in [0.2, 0.25) is 0 Å². The number of halogens is 2. The predicted octanol–water partition coefficient (Wildman–Crippen LogP) is 4.31. The lowest BCUT2D eigenvalue weighted by Crippen LogP contribution is -2.26. The molecule has 3 N–H and O–H groups in total. The standard InChI is InChI=1S/C26H24F2N2O5/c27-20-5-4-15(8-21(20)28)13-35-24-10-18(31)9-23(32)25(24)26(33)30-11-16-2-1-3-22(19(16)12-30)29-17-6-7-34-14-17/h1-5,8-10,17,29,31-32H,6-7,11-14H2. The average Bonchev–Trinajstić information content (AvgIpc) is 3.49. The summed E-state index contributed by atoms with van der Waals surface area (Å²) in [5.41, 5.74) is 3.14. The van der Waals surface area contributed by atoms with Crippen LogP contribution >= 0.6 is 0 Å². The lowest BCUT2D eigenvalue weighted by atomic mass is 10.1. The Morgan fingerprint density at radius 3 is 2.74 bits per heavy atom. The molecule has 0 saturated carbocycles. The van der Waals surface area contributed by atoms with E-state index in [9.17, 15) is 23.8 Å². The zero-order valence-electron chi connectivity index (χ0n) is 18.8. The molecule has 0 spiro atoms. The molecule has 1 amide bonds. The molecule has 3 aromatic carbocycles. The monoisotopic (exact) mass is 482 g/mol. The van der Waals surface area contributed by atoms with E-state index in [4.69, 9.17) is 9.47 Å². The molecular weight excluding hydrogens is 458 g/mol. The van der Waals surface area contributed by atoms with E-state index in [1.54, 1.807) is 4.90 Å². The van der Waals surface area contributed by atoms with Crippen LogP contribution in [0.1, 0.15) is 33.5 Å². The van der Waals surface area contributed by atoms with Crippen molar-refractivity contribution in [2.75, 3.05) is 18.5 Å². The summed E-state index contributed by atoms with van der Waals surface area (Å²) in [6.07, 6.45) is 0.909. The Labute approximate surface area is 200 Å². The number of rotatable bonds is 6. The van der Waals surface area contributed by atoms with Gasteiger partial charge in [-0.05, 0) is 41.3 Å². The third-order valence-corrected chi connectivity index (χ3v) is 6.22. The molecule has 0 aliphatic carbocycles. The minimum atomic E-state index is -1.02. The maximum atomic E-state index is 13.6. The molecular formula is C26H24F2N2O5. The predicted molar refractivity (Wildman–Crippen MR) is 123 cm³/mol. The summed E-state index contributed by atoms with van der Waals surface area (Å²) in [7, 11) is 0. The highest BCUT2D eigenvalue weighted by Crippen LogP contribution is 2.37. The highest BCUT2D eigenvalue weighted by Gasteiger charge is 2.31. The molecule has 2 aliphatic rings. The summed E-state index contributed by atoms with van der Waals surface area (Å²) in [6, 6.07) is 11.7. The number of carbonyl (C=O) groups is 1. The molecule has 3 aromatic rings. The van der Waals surface area contributed by atoms with Crippen LogP contribution < -0.4 is 10.1 Å². The van der Waals surface area contributed by atoms with E-state index in [1.807, 2.05) is 18.2 Å². The number of anilines is 1. The number of amides is 1. The van der Waals surface area contributed by atoms with Crippen LogP contribution in [0, 0.1) is 11.6 Å². The number of hydrogen-bond donors (Lipinski definition) is 3. The summed E-state index contributed by atoms with van der Waals surface area (Å²) in [6.45, 7) is 1.82. The Morgan fingerprint density at radius 2 is 1.97 bits per heavy atom. The minimum absolute atomic E-state index is 0.0605. The van der Waals surface area contributed by atoms with E-state index >= 15 is 0 Å². The Kier molecular flexibility index (Phi) is 6.17. The van der Waals surface area contributed by atoms with Crippen LogP contribution in [0.15, 0.2) is 48.5 Å². The first-order valence-corrected chi connectivity index (χ1v) is 11.3. The molecule has 9 heteroatoms. The van der Waals surface area contributed by atoms with Crippen molar-refractivity contribution in [2.45, 2.75) is 32.2 Å². The van der Waals surface area contributed by atoms with Gasteiger partial charge in [0.15, 0.2) is 11.6 Å². The number of aromatic hydroxyl groups is 2. The highest BCUT2D eigenvalue weighted by atomic mass is 19.2. The molecule has 0 aromatic heterocycles. The van der Waals surface area contributed by atoms with Gasteiger partial charge < -0.3 is 29.9 Å². The van der Waals surface area contributed by atoms with Gasteiger partial charge in [0.05, 0.1) is 12.6 Å². The van der Waals surface area contributed by atoms with Crippen molar-refractivity contribution in [3.8, 4) is 17.2 Å². The molecule has 1 atom stereocenters. The molecule has 0 bridgehead atoms. The maximum Gasteiger partial charge on any atom is 0.262 e. The molecule has 7 nitrogen and oxygen atoms in total. The Balaban J connectivity index is 1.37. The van der Waals surface area contributed by atoms with Crippen molar-refractivity contribution in [1.29, 1.82) is 0 Å². The van der Waals surface area contributed by atoms with Gasteiger partial charge in [0.25, 0.3) is 5.91 Å². The SMILES string of the molecule is O=C(c1c(O)cc(O)cc1OCc1ccc(F)c(F)c1)N1Cc2cccc(NC3CCOC3)c2C1. The first-order valence-electron chi connectivity index (χ1n) is 11.3. The van der Waals surface area contributed by atoms with Crippen molar-refractivity contribution < 1.29 is 33.3 Å². The van der Waals surface area contributed by atoms with Crippen LogP contribution in [0.4, 0.5) is 14.5 Å². The molecule has 1 fully saturated rings. The summed E-state index contributed by atoms with van der Waals surface area (Å²) in [4.78, 5) is 15.1. The molecule has 35 heavy (non-hydrogen) atoms. The smallest absolute Gasteiger partial charge is 0.262 e. The number of phenolic OH excluding ortho intramolecular Hbond substituents is 2. The number of phenols is 2. The zero-order chi connectivity index (χ0) is 24.5. The van der Waals surface area contributed by atoms with E-state index < -0.39 is 23.3 Å². The molecule has 2 aliphatic heterocycles. The number of nitrogens with one attached hydrogen (secondary N) is 1. The Hall–Kier alpha value is -3.85. The second kappa shape index (κ2) is 9.42. The first kappa shape index (κ1) is 22.9. The maximum absolute atomic E-state index is 13.6. The topological polar surface area (TPSA) is 91.3 Å². The van der Waals surface area contributed by atoms with E-state index in [-0.39, 0.29) is 29.7 Å². The average molecular weight is 482 g/mol. The second-order valence-corrected chi connectivity index (χ2v) is 8.68.